The van der Waals surface area contributed by atoms with E-state index in [0.717, 1.165) is 23.3 Å². The number of nitrogens with one attached hydrogen (secondary N) is 1. The highest BCUT2D eigenvalue weighted by Gasteiger charge is 2.29. The van der Waals surface area contributed by atoms with E-state index in [1.54, 1.807) is 24.3 Å². The molecule has 0 aliphatic carbocycles. The Hall–Kier alpha value is -2.21. The summed E-state index contributed by atoms with van der Waals surface area (Å²) in [6.45, 7) is 1.82. The first-order valence-electron chi connectivity index (χ1n) is 7.54. The van der Waals surface area contributed by atoms with E-state index in [2.05, 4.69) is 5.32 Å². The van der Waals surface area contributed by atoms with Crippen molar-refractivity contribution in [2.75, 3.05) is 5.73 Å². The van der Waals surface area contributed by atoms with Crippen LogP contribution in [0, 0.1) is 0 Å². The minimum Gasteiger partial charge on any atom is -0.399 e. The summed E-state index contributed by atoms with van der Waals surface area (Å²) in [5, 5.41) is 2.84. The van der Waals surface area contributed by atoms with Gasteiger partial charge in [-0.15, -0.1) is 12.4 Å². The summed E-state index contributed by atoms with van der Waals surface area (Å²) >= 11 is 0. The molecule has 1 unspecified atom stereocenters. The second kappa shape index (κ2) is 8.76. The molecule has 0 bridgehead atoms. The second-order valence-electron chi connectivity index (χ2n) is 5.79. The molecule has 1 atom stereocenters. The molecule has 0 aliphatic rings. The van der Waals surface area contributed by atoms with E-state index < -0.39 is 11.7 Å². The fraction of sp³-hybridized carbons (Fsp3) is 0.278. The molecule has 3 nitrogen and oxygen atoms in total. The molecule has 0 saturated carbocycles. The van der Waals surface area contributed by atoms with Crippen LogP contribution >= 0.6 is 12.4 Å². The molecule has 2 rings (SSSR count). The number of nitrogens with two attached hydrogens (primary N) is 1. The zero-order chi connectivity index (χ0) is 17.7. The predicted molar refractivity (Wildman–Crippen MR) is 94.6 cm³/mol. The van der Waals surface area contributed by atoms with Gasteiger partial charge in [0.15, 0.2) is 0 Å². The lowest BCUT2D eigenvalue weighted by Gasteiger charge is -2.15. The third-order valence-corrected chi connectivity index (χ3v) is 3.57. The SMILES string of the molecule is CC(Cc1ccc(C(F)(F)F)cc1)NC(=O)Cc1ccc(N)cc1.Cl. The summed E-state index contributed by atoms with van der Waals surface area (Å²) in [7, 11) is 0. The van der Waals surface area contributed by atoms with E-state index in [-0.39, 0.29) is 30.8 Å². The maximum absolute atomic E-state index is 12.5. The van der Waals surface area contributed by atoms with Gasteiger partial charge in [0.2, 0.25) is 5.91 Å². The highest BCUT2D eigenvalue weighted by atomic mass is 35.5. The highest BCUT2D eigenvalue weighted by Crippen LogP contribution is 2.29. The van der Waals surface area contributed by atoms with Crippen LogP contribution in [-0.4, -0.2) is 11.9 Å². The molecule has 0 aliphatic heterocycles. The molecule has 7 heteroatoms. The van der Waals surface area contributed by atoms with Gasteiger partial charge in [0.25, 0.3) is 0 Å². The minimum atomic E-state index is -4.34. The minimum absolute atomic E-state index is 0. The number of anilines is 1. The van der Waals surface area contributed by atoms with Crippen LogP contribution in [0.3, 0.4) is 0 Å². The number of hydrogen-bond donors (Lipinski definition) is 2. The molecule has 2 aromatic carbocycles. The Morgan fingerprint density at radius 1 is 1.04 bits per heavy atom. The normalized spacial score (nSPS) is 12.2. The topological polar surface area (TPSA) is 55.1 Å². The zero-order valence-electron chi connectivity index (χ0n) is 13.6. The van der Waals surface area contributed by atoms with Crippen LogP contribution < -0.4 is 11.1 Å². The van der Waals surface area contributed by atoms with Crippen molar-refractivity contribution >= 4 is 24.0 Å². The molecule has 0 aromatic heterocycles. The van der Waals surface area contributed by atoms with Crippen LogP contribution in [0.1, 0.15) is 23.6 Å². The molecule has 0 fully saturated rings. The molecule has 0 saturated heterocycles. The van der Waals surface area contributed by atoms with Gasteiger partial charge in [-0.25, -0.2) is 0 Å². The molecular formula is C18H20ClF3N2O. The first-order valence-corrected chi connectivity index (χ1v) is 7.54. The quantitative estimate of drug-likeness (QED) is 0.779. The van der Waals surface area contributed by atoms with Gasteiger partial charge in [-0.3, -0.25) is 4.79 Å². The van der Waals surface area contributed by atoms with Gasteiger partial charge >= 0.3 is 6.18 Å². The fourth-order valence-electron chi connectivity index (χ4n) is 2.38. The van der Waals surface area contributed by atoms with Crippen LogP contribution in [0.5, 0.6) is 0 Å². The first-order chi connectivity index (χ1) is 11.2. The van der Waals surface area contributed by atoms with Crippen molar-refractivity contribution in [2.24, 2.45) is 0 Å². The van der Waals surface area contributed by atoms with Crippen molar-refractivity contribution in [2.45, 2.75) is 32.0 Å². The van der Waals surface area contributed by atoms with E-state index in [0.29, 0.717) is 12.1 Å². The van der Waals surface area contributed by atoms with Gasteiger partial charge < -0.3 is 11.1 Å². The van der Waals surface area contributed by atoms with Crippen molar-refractivity contribution in [1.82, 2.24) is 5.32 Å². The van der Waals surface area contributed by atoms with E-state index in [4.69, 9.17) is 5.73 Å². The van der Waals surface area contributed by atoms with E-state index in [1.807, 2.05) is 6.92 Å². The lowest BCUT2D eigenvalue weighted by molar-refractivity contribution is -0.137. The van der Waals surface area contributed by atoms with Crippen LogP contribution in [0.2, 0.25) is 0 Å². The Morgan fingerprint density at radius 3 is 2.08 bits per heavy atom. The number of halogens is 4. The average Bonchev–Trinajstić information content (AvgIpc) is 2.49. The number of amides is 1. The predicted octanol–water partition coefficient (Wildman–Crippen LogP) is 4.00. The summed E-state index contributed by atoms with van der Waals surface area (Å²) < 4.78 is 37.6. The number of nitrogen functional groups attached to an aromatic ring is 1. The largest absolute Gasteiger partial charge is 0.416 e. The van der Waals surface area contributed by atoms with Gasteiger partial charge in [0.05, 0.1) is 12.0 Å². The fourth-order valence-corrected chi connectivity index (χ4v) is 2.38. The molecule has 136 valence electrons. The van der Waals surface area contributed by atoms with Crippen molar-refractivity contribution in [1.29, 1.82) is 0 Å². The van der Waals surface area contributed by atoms with Gasteiger partial charge in [0.1, 0.15) is 0 Å². The molecule has 0 heterocycles. The van der Waals surface area contributed by atoms with Crippen molar-refractivity contribution in [3.8, 4) is 0 Å². The first kappa shape index (κ1) is 20.8. The summed E-state index contributed by atoms with van der Waals surface area (Å²) in [6.07, 6.45) is -3.64. The van der Waals surface area contributed by atoms with Gasteiger partial charge in [-0.05, 0) is 48.7 Å². The second-order valence-corrected chi connectivity index (χ2v) is 5.79. The summed E-state index contributed by atoms with van der Waals surface area (Å²) in [5.41, 5.74) is 7.14. The Labute approximate surface area is 150 Å². The highest BCUT2D eigenvalue weighted by molar-refractivity contribution is 5.85. The summed E-state index contributed by atoms with van der Waals surface area (Å²) in [5.74, 6) is -0.140. The lowest BCUT2D eigenvalue weighted by atomic mass is 10.0. The number of carbonyl (C=O) groups excluding carboxylic acids is 1. The number of carbonyl (C=O) groups is 1. The van der Waals surface area contributed by atoms with Gasteiger partial charge in [-0.1, -0.05) is 24.3 Å². The van der Waals surface area contributed by atoms with Crippen LogP contribution in [0.25, 0.3) is 0 Å². The van der Waals surface area contributed by atoms with E-state index in [9.17, 15) is 18.0 Å². The van der Waals surface area contributed by atoms with Crippen LogP contribution in [0.15, 0.2) is 48.5 Å². The van der Waals surface area contributed by atoms with Crippen LogP contribution in [-0.2, 0) is 23.8 Å². The number of benzene rings is 2. The maximum atomic E-state index is 12.5. The number of alkyl halides is 3. The molecule has 0 spiro atoms. The Bertz CT molecular complexity index is 685. The molecule has 1 amide bonds. The smallest absolute Gasteiger partial charge is 0.399 e. The lowest BCUT2D eigenvalue weighted by Crippen LogP contribution is -2.35. The number of hydrogen-bond acceptors (Lipinski definition) is 2. The molecule has 3 N–H and O–H groups in total. The van der Waals surface area contributed by atoms with Crippen molar-refractivity contribution in [3.63, 3.8) is 0 Å². The average molecular weight is 373 g/mol. The maximum Gasteiger partial charge on any atom is 0.416 e. The third kappa shape index (κ3) is 6.66. The molecule has 0 radical (unpaired) electrons. The van der Waals surface area contributed by atoms with Crippen molar-refractivity contribution in [3.05, 3.63) is 65.2 Å². The van der Waals surface area contributed by atoms with E-state index in [1.165, 1.54) is 12.1 Å². The summed E-state index contributed by atoms with van der Waals surface area (Å²) in [6, 6.07) is 11.8. The third-order valence-electron chi connectivity index (χ3n) is 3.57. The molecule has 25 heavy (non-hydrogen) atoms. The van der Waals surface area contributed by atoms with Crippen LogP contribution in [0.4, 0.5) is 18.9 Å². The standard InChI is InChI=1S/C18H19F3N2O.ClH/c1-12(10-13-2-6-15(7-3-13)18(19,20)21)23-17(24)11-14-4-8-16(22)9-5-14;/h2-9,12H,10-11,22H2,1H3,(H,23,24);1H. The Kier molecular flexibility index (Phi) is 7.30. The molecular weight excluding hydrogens is 353 g/mol. The monoisotopic (exact) mass is 372 g/mol. The summed E-state index contributed by atoms with van der Waals surface area (Å²) in [4.78, 5) is 12.0. The van der Waals surface area contributed by atoms with E-state index >= 15 is 0 Å². The Balaban J connectivity index is 0.00000312. The Morgan fingerprint density at radius 2 is 1.56 bits per heavy atom. The van der Waals surface area contributed by atoms with Crippen molar-refractivity contribution < 1.29 is 18.0 Å². The number of rotatable bonds is 5. The molecule has 2 aromatic rings. The van der Waals surface area contributed by atoms with Gasteiger partial charge in [-0.2, -0.15) is 13.2 Å². The zero-order valence-corrected chi connectivity index (χ0v) is 14.5. The van der Waals surface area contributed by atoms with Gasteiger partial charge in [0, 0.05) is 11.7 Å².